The first kappa shape index (κ1) is 16.5. The van der Waals surface area contributed by atoms with E-state index in [1.165, 1.54) is 0 Å². The first-order valence-electron chi connectivity index (χ1n) is 8.44. The predicted octanol–water partition coefficient (Wildman–Crippen LogP) is 3.12. The standard InChI is InChI=1S/C18H23N3O3/c1-13(23-15-9-5-3-6-10-15)16(22)20-18(11-7-4-8-12-18)17-19-14(2)21-24-17/h3,5-6,9-10,13H,4,7-8,11-12H2,1-2H3,(H,20,22)/t13-/m0/s1. The molecule has 1 amide bonds. The second-order valence-corrected chi connectivity index (χ2v) is 6.35. The number of aromatic nitrogens is 2. The fourth-order valence-electron chi connectivity index (χ4n) is 3.13. The molecule has 128 valence electrons. The number of para-hydroxylation sites is 1. The monoisotopic (exact) mass is 329 g/mol. The third-order valence-electron chi connectivity index (χ3n) is 4.43. The van der Waals surface area contributed by atoms with Crippen molar-refractivity contribution in [3.63, 3.8) is 0 Å². The number of ether oxygens (including phenoxy) is 1. The summed E-state index contributed by atoms with van der Waals surface area (Å²) in [4.78, 5) is 17.0. The van der Waals surface area contributed by atoms with Gasteiger partial charge in [0.15, 0.2) is 11.9 Å². The van der Waals surface area contributed by atoms with Crippen LogP contribution in [0.4, 0.5) is 0 Å². The lowest BCUT2D eigenvalue weighted by Gasteiger charge is -2.35. The number of rotatable bonds is 5. The minimum atomic E-state index is -0.602. The van der Waals surface area contributed by atoms with Crippen molar-refractivity contribution in [2.24, 2.45) is 0 Å². The number of hydrogen-bond donors (Lipinski definition) is 1. The molecular weight excluding hydrogens is 306 g/mol. The lowest BCUT2D eigenvalue weighted by Crippen LogP contribution is -2.51. The van der Waals surface area contributed by atoms with Gasteiger partial charge in [-0.3, -0.25) is 4.79 Å². The van der Waals surface area contributed by atoms with Crippen molar-refractivity contribution in [1.82, 2.24) is 15.5 Å². The Morgan fingerprint density at radius 1 is 1.25 bits per heavy atom. The van der Waals surface area contributed by atoms with E-state index in [0.29, 0.717) is 17.5 Å². The van der Waals surface area contributed by atoms with E-state index in [9.17, 15) is 4.79 Å². The van der Waals surface area contributed by atoms with Gasteiger partial charge in [0.25, 0.3) is 11.8 Å². The highest BCUT2D eigenvalue weighted by Crippen LogP contribution is 2.36. The van der Waals surface area contributed by atoms with Gasteiger partial charge in [-0.1, -0.05) is 42.6 Å². The lowest BCUT2D eigenvalue weighted by atomic mass is 9.81. The van der Waals surface area contributed by atoms with Crippen LogP contribution >= 0.6 is 0 Å². The van der Waals surface area contributed by atoms with Crippen LogP contribution in [0.5, 0.6) is 5.75 Å². The Morgan fingerprint density at radius 2 is 1.96 bits per heavy atom. The van der Waals surface area contributed by atoms with Crippen molar-refractivity contribution in [3.8, 4) is 5.75 Å². The Balaban J connectivity index is 1.73. The topological polar surface area (TPSA) is 77.2 Å². The van der Waals surface area contributed by atoms with E-state index in [0.717, 1.165) is 32.1 Å². The van der Waals surface area contributed by atoms with Crippen LogP contribution in [-0.2, 0) is 10.3 Å². The van der Waals surface area contributed by atoms with Gasteiger partial charge < -0.3 is 14.6 Å². The summed E-state index contributed by atoms with van der Waals surface area (Å²) < 4.78 is 11.1. The Kier molecular flexibility index (Phi) is 4.83. The van der Waals surface area contributed by atoms with Crippen LogP contribution in [0.15, 0.2) is 34.9 Å². The van der Waals surface area contributed by atoms with Crippen molar-refractivity contribution >= 4 is 5.91 Å². The zero-order valence-electron chi connectivity index (χ0n) is 14.1. The van der Waals surface area contributed by atoms with Gasteiger partial charge in [-0.2, -0.15) is 4.98 Å². The van der Waals surface area contributed by atoms with E-state index in [1.807, 2.05) is 30.3 Å². The third-order valence-corrected chi connectivity index (χ3v) is 4.43. The maximum atomic E-state index is 12.7. The van der Waals surface area contributed by atoms with Crippen LogP contribution in [0.2, 0.25) is 0 Å². The summed E-state index contributed by atoms with van der Waals surface area (Å²) in [6.07, 6.45) is 4.21. The lowest BCUT2D eigenvalue weighted by molar-refractivity contribution is -0.130. The van der Waals surface area contributed by atoms with Gasteiger partial charge in [0.05, 0.1) is 0 Å². The first-order chi connectivity index (χ1) is 11.6. The Labute approximate surface area is 141 Å². The summed E-state index contributed by atoms with van der Waals surface area (Å²) in [5.41, 5.74) is -0.578. The molecular formula is C18H23N3O3. The molecule has 0 bridgehead atoms. The average Bonchev–Trinajstić information content (AvgIpc) is 3.04. The summed E-state index contributed by atoms with van der Waals surface area (Å²) in [5, 5.41) is 7.01. The van der Waals surface area contributed by atoms with E-state index in [1.54, 1.807) is 13.8 Å². The molecule has 1 heterocycles. The minimum Gasteiger partial charge on any atom is -0.481 e. The Bertz CT molecular complexity index is 678. The van der Waals surface area contributed by atoms with Crippen molar-refractivity contribution in [2.75, 3.05) is 0 Å². The molecule has 0 aliphatic heterocycles. The summed E-state index contributed by atoms with van der Waals surface area (Å²) in [6, 6.07) is 9.34. The van der Waals surface area contributed by atoms with Crippen LogP contribution in [-0.4, -0.2) is 22.2 Å². The zero-order valence-corrected chi connectivity index (χ0v) is 14.1. The average molecular weight is 329 g/mol. The SMILES string of the molecule is Cc1noc(C2(NC(=O)[C@H](C)Oc3ccccc3)CCCCC2)n1. The number of nitrogens with one attached hydrogen (secondary N) is 1. The molecule has 0 unspecified atom stereocenters. The largest absolute Gasteiger partial charge is 0.481 e. The fraction of sp³-hybridized carbons (Fsp3) is 0.500. The van der Waals surface area contributed by atoms with Gasteiger partial charge >= 0.3 is 0 Å². The number of carbonyl (C=O) groups excluding carboxylic acids is 1. The van der Waals surface area contributed by atoms with Gasteiger partial charge in [-0.25, -0.2) is 0 Å². The van der Waals surface area contributed by atoms with Gasteiger partial charge in [0, 0.05) is 0 Å². The van der Waals surface area contributed by atoms with Crippen molar-refractivity contribution in [1.29, 1.82) is 0 Å². The van der Waals surface area contributed by atoms with E-state index < -0.39 is 11.6 Å². The van der Waals surface area contributed by atoms with Crippen LogP contribution < -0.4 is 10.1 Å². The quantitative estimate of drug-likeness (QED) is 0.912. The molecule has 1 fully saturated rings. The highest BCUT2D eigenvalue weighted by Gasteiger charge is 2.41. The molecule has 1 aromatic heterocycles. The van der Waals surface area contributed by atoms with E-state index >= 15 is 0 Å². The van der Waals surface area contributed by atoms with Crippen LogP contribution in [0.3, 0.4) is 0 Å². The molecule has 1 saturated carbocycles. The van der Waals surface area contributed by atoms with Crippen molar-refractivity contribution in [2.45, 2.75) is 57.6 Å². The van der Waals surface area contributed by atoms with Crippen LogP contribution in [0.1, 0.15) is 50.7 Å². The number of benzene rings is 1. The number of carbonyl (C=O) groups is 1. The smallest absolute Gasteiger partial charge is 0.261 e. The molecule has 24 heavy (non-hydrogen) atoms. The second-order valence-electron chi connectivity index (χ2n) is 6.35. The Hall–Kier alpha value is -2.37. The predicted molar refractivity (Wildman–Crippen MR) is 88.5 cm³/mol. The van der Waals surface area contributed by atoms with Crippen molar-refractivity contribution in [3.05, 3.63) is 42.0 Å². The maximum Gasteiger partial charge on any atom is 0.261 e. The molecule has 2 aromatic rings. The van der Waals surface area contributed by atoms with E-state index in [-0.39, 0.29) is 5.91 Å². The van der Waals surface area contributed by atoms with Gasteiger partial charge in [0.1, 0.15) is 11.3 Å². The molecule has 0 radical (unpaired) electrons. The second kappa shape index (κ2) is 7.03. The van der Waals surface area contributed by atoms with Crippen molar-refractivity contribution < 1.29 is 14.1 Å². The summed E-state index contributed by atoms with van der Waals surface area (Å²) in [6.45, 7) is 3.53. The molecule has 0 saturated heterocycles. The zero-order chi connectivity index (χ0) is 17.0. The fourth-order valence-corrected chi connectivity index (χ4v) is 3.13. The summed E-state index contributed by atoms with van der Waals surface area (Å²) in [5.74, 6) is 1.58. The number of nitrogens with zero attached hydrogens (tertiary/aromatic N) is 2. The third kappa shape index (κ3) is 3.58. The van der Waals surface area contributed by atoms with Gasteiger partial charge in [-0.15, -0.1) is 0 Å². The van der Waals surface area contributed by atoms with E-state index in [2.05, 4.69) is 15.5 Å². The van der Waals surface area contributed by atoms with Gasteiger partial charge in [-0.05, 0) is 38.8 Å². The molecule has 6 nitrogen and oxygen atoms in total. The summed E-state index contributed by atoms with van der Waals surface area (Å²) in [7, 11) is 0. The van der Waals surface area contributed by atoms with E-state index in [4.69, 9.17) is 9.26 Å². The molecule has 3 rings (SSSR count). The molecule has 1 N–H and O–H groups in total. The normalized spacial score (nSPS) is 17.9. The highest BCUT2D eigenvalue weighted by atomic mass is 16.5. The molecule has 1 aromatic carbocycles. The number of hydrogen-bond acceptors (Lipinski definition) is 5. The molecule has 6 heteroatoms. The van der Waals surface area contributed by atoms with Crippen LogP contribution in [0, 0.1) is 6.92 Å². The number of aryl methyl sites for hydroxylation is 1. The first-order valence-corrected chi connectivity index (χ1v) is 8.44. The highest BCUT2D eigenvalue weighted by molar-refractivity contribution is 5.81. The summed E-state index contributed by atoms with van der Waals surface area (Å²) >= 11 is 0. The maximum absolute atomic E-state index is 12.7. The molecule has 0 spiro atoms. The molecule has 1 aliphatic carbocycles. The molecule has 1 aliphatic rings. The van der Waals surface area contributed by atoms with Crippen LogP contribution in [0.25, 0.3) is 0 Å². The Morgan fingerprint density at radius 3 is 2.58 bits per heavy atom. The number of amides is 1. The minimum absolute atomic E-state index is 0.170. The van der Waals surface area contributed by atoms with Gasteiger partial charge in [0.2, 0.25) is 0 Å². The molecule has 1 atom stereocenters.